The lowest BCUT2D eigenvalue weighted by Crippen LogP contribution is -2.60. The van der Waals surface area contributed by atoms with Gasteiger partial charge in [0.2, 0.25) is 5.91 Å². The lowest BCUT2D eigenvalue weighted by molar-refractivity contribution is -0.384. The minimum atomic E-state index is -0.461. The number of nitro groups is 1. The summed E-state index contributed by atoms with van der Waals surface area (Å²) in [6.45, 7) is 12.1. The van der Waals surface area contributed by atoms with Gasteiger partial charge in [-0.05, 0) is 114 Å². The molecule has 3 N–H and O–H groups in total. The van der Waals surface area contributed by atoms with Crippen molar-refractivity contribution in [2.24, 2.45) is 5.41 Å². The van der Waals surface area contributed by atoms with Crippen molar-refractivity contribution in [2.45, 2.75) is 69.0 Å². The van der Waals surface area contributed by atoms with E-state index in [9.17, 15) is 19.7 Å². The van der Waals surface area contributed by atoms with E-state index >= 15 is 0 Å². The van der Waals surface area contributed by atoms with E-state index in [2.05, 4.69) is 97.1 Å². The summed E-state index contributed by atoms with van der Waals surface area (Å²) >= 11 is 0.991. The van der Waals surface area contributed by atoms with Gasteiger partial charge in [-0.1, -0.05) is 50.2 Å². The van der Waals surface area contributed by atoms with Crippen LogP contribution in [0.4, 0.5) is 17.1 Å². The molecule has 2 aromatic heterocycles. The largest absolute Gasteiger partial charge is 0.497 e. The number of nitrogens with one attached hydrogen (secondary N) is 3. The number of nitrogens with zero attached hydrogens (tertiary/aromatic N) is 6. The van der Waals surface area contributed by atoms with Gasteiger partial charge in [0.05, 0.1) is 30.4 Å². The molecule has 3 aliphatic heterocycles. The van der Waals surface area contributed by atoms with E-state index < -0.39 is 10.8 Å². The molecule has 17 heteroatoms. The van der Waals surface area contributed by atoms with Gasteiger partial charge in [-0.2, -0.15) is 0 Å². The number of amides is 2. The highest BCUT2D eigenvalue weighted by Crippen LogP contribution is 2.53. The fourth-order valence-corrected chi connectivity index (χ4v) is 11.7. The van der Waals surface area contributed by atoms with Crippen molar-refractivity contribution < 1.29 is 28.7 Å². The van der Waals surface area contributed by atoms with Crippen LogP contribution in [0.15, 0.2) is 114 Å². The van der Waals surface area contributed by atoms with Gasteiger partial charge in [0, 0.05) is 105 Å². The van der Waals surface area contributed by atoms with Crippen LogP contribution in [0.3, 0.4) is 0 Å². The second-order valence-electron chi connectivity index (χ2n) is 19.9. The first-order valence-corrected chi connectivity index (χ1v) is 25.9. The first-order valence-electron chi connectivity index (χ1n) is 25.1. The molecule has 376 valence electrons. The molecule has 1 atom stereocenters. The Morgan fingerprint density at radius 3 is 2.57 bits per heavy atom. The Kier molecular flexibility index (Phi) is 14.7. The van der Waals surface area contributed by atoms with Gasteiger partial charge in [0.15, 0.2) is 0 Å². The van der Waals surface area contributed by atoms with Crippen molar-refractivity contribution in [1.29, 1.82) is 0 Å². The van der Waals surface area contributed by atoms with E-state index in [-0.39, 0.29) is 18.2 Å². The van der Waals surface area contributed by atoms with Crippen LogP contribution in [-0.4, -0.2) is 120 Å². The fourth-order valence-electron chi connectivity index (χ4n) is 11.1. The van der Waals surface area contributed by atoms with Gasteiger partial charge in [-0.3, -0.25) is 34.2 Å². The summed E-state index contributed by atoms with van der Waals surface area (Å²) < 4.78 is 20.0. The molecule has 4 fully saturated rings. The van der Waals surface area contributed by atoms with Crippen LogP contribution in [-0.2, 0) is 16.1 Å². The zero-order valence-corrected chi connectivity index (χ0v) is 42.0. The average Bonchev–Trinajstić information content (AvgIpc) is 3.86. The number of ether oxygens (including phenoxy) is 3. The minimum absolute atomic E-state index is 0.0409. The SMILES string of the molecule is COc1ccc(CN2CCN(C3CC4(CCN(c5ccc(C(=O)NSc6ccc(NCCN7CCOCC7=O)c([N+](=O)[O-])c6)c(Oc6cnc7[nH]ccc7c6)c5)CC4)C3)[C@@H](c3ccccc3C(C)C)C2)cc1. The third-order valence-corrected chi connectivity index (χ3v) is 15.8. The number of aromatic nitrogens is 2. The number of aromatic amines is 1. The number of anilines is 2. The van der Waals surface area contributed by atoms with Crippen LogP contribution in [0.5, 0.6) is 17.2 Å². The second-order valence-corrected chi connectivity index (χ2v) is 20.7. The van der Waals surface area contributed by atoms with Crippen molar-refractivity contribution in [1.82, 2.24) is 29.4 Å². The van der Waals surface area contributed by atoms with Gasteiger partial charge < -0.3 is 34.3 Å². The zero-order chi connectivity index (χ0) is 49.8. The summed E-state index contributed by atoms with van der Waals surface area (Å²) in [5.41, 5.74) is 6.71. The molecule has 1 aliphatic carbocycles. The summed E-state index contributed by atoms with van der Waals surface area (Å²) in [5.74, 6) is 1.68. The number of pyridine rings is 1. The summed E-state index contributed by atoms with van der Waals surface area (Å²) in [6, 6.07) is 32.7. The number of piperidine rings is 1. The van der Waals surface area contributed by atoms with Crippen LogP contribution in [0.2, 0.25) is 0 Å². The number of nitro benzene ring substituents is 1. The first kappa shape index (κ1) is 48.9. The van der Waals surface area contributed by atoms with Crippen LogP contribution >= 0.6 is 11.9 Å². The van der Waals surface area contributed by atoms with Crippen LogP contribution in [0, 0.1) is 15.5 Å². The predicted molar refractivity (Wildman–Crippen MR) is 280 cm³/mol. The maximum atomic E-state index is 14.0. The maximum absolute atomic E-state index is 14.0. The predicted octanol–water partition coefficient (Wildman–Crippen LogP) is 9.41. The lowest BCUT2D eigenvalue weighted by Gasteiger charge is -2.58. The topological polar surface area (TPSA) is 171 Å². The molecule has 10 rings (SSSR count). The highest BCUT2D eigenvalue weighted by molar-refractivity contribution is 7.98. The molecule has 0 unspecified atom stereocenters. The van der Waals surface area contributed by atoms with Crippen LogP contribution < -0.4 is 24.4 Å². The Morgan fingerprint density at radius 1 is 0.972 bits per heavy atom. The molecule has 1 spiro atoms. The Hall–Kier alpha value is -6.66. The van der Waals surface area contributed by atoms with Gasteiger partial charge in [0.1, 0.15) is 35.2 Å². The normalized spacial score (nSPS) is 18.6. The van der Waals surface area contributed by atoms with Crippen LogP contribution in [0.25, 0.3) is 11.0 Å². The molecule has 1 saturated carbocycles. The number of hydrogen-bond donors (Lipinski definition) is 3. The fraction of sp³-hybridized carbons (Fsp3) is 0.400. The van der Waals surface area contributed by atoms with Crippen molar-refractivity contribution >= 4 is 51.9 Å². The third kappa shape index (κ3) is 10.9. The van der Waals surface area contributed by atoms with E-state index in [1.807, 2.05) is 30.5 Å². The molecule has 16 nitrogen and oxygen atoms in total. The molecular formula is C55H63N9O7S. The molecule has 0 radical (unpaired) electrons. The summed E-state index contributed by atoms with van der Waals surface area (Å²) in [7, 11) is 1.71. The van der Waals surface area contributed by atoms with E-state index in [1.165, 1.54) is 35.6 Å². The van der Waals surface area contributed by atoms with Gasteiger partial charge >= 0.3 is 0 Å². The standard InChI is InChI=1S/C55H63N9O7S/c1-37(2)45-6-4-5-7-46(45)50-35-60(34-38-8-11-42(69-3)12-9-38)24-25-63(50)41-31-55(32-41)17-21-61(22-18-55)40-10-14-47(51(29-40)71-43-28-39-16-19-57-53(39)58-33-43)54(66)59-72-44-13-15-48(49(30-44)64(67)68)56-20-23-62-26-27-70-36-52(62)65/h4-16,19,28-30,33,37,41,50,56H,17-18,20-27,31-32,34-36H2,1-3H3,(H,57,58)(H,59,66)/t50-/m1/s1. The summed E-state index contributed by atoms with van der Waals surface area (Å²) in [5, 5.41) is 16.1. The molecular weight excluding hydrogens is 931 g/mol. The number of rotatable bonds is 17. The number of morpholine rings is 1. The number of piperazine rings is 1. The Bertz CT molecular complexity index is 2900. The number of fused-ring (bicyclic) bond motifs is 1. The van der Waals surface area contributed by atoms with Gasteiger partial charge in [-0.25, -0.2) is 4.98 Å². The van der Waals surface area contributed by atoms with E-state index in [1.54, 1.807) is 36.4 Å². The summed E-state index contributed by atoms with van der Waals surface area (Å²) in [4.78, 5) is 55.5. The molecule has 0 bridgehead atoms. The Morgan fingerprint density at radius 2 is 1.79 bits per heavy atom. The Labute approximate surface area is 424 Å². The molecule has 72 heavy (non-hydrogen) atoms. The number of carbonyl (C=O) groups is 2. The molecule has 4 aliphatic rings. The summed E-state index contributed by atoms with van der Waals surface area (Å²) in [6.07, 6.45) is 8.02. The number of carbonyl (C=O) groups excluding carboxylic acids is 2. The van der Waals surface area contributed by atoms with Crippen molar-refractivity contribution in [3.05, 3.63) is 142 Å². The molecule has 4 aromatic carbocycles. The number of H-pyrrole nitrogens is 1. The zero-order valence-electron chi connectivity index (χ0n) is 41.2. The number of benzene rings is 4. The van der Waals surface area contributed by atoms with E-state index in [4.69, 9.17) is 14.2 Å². The van der Waals surface area contributed by atoms with Crippen LogP contribution in [0.1, 0.15) is 78.5 Å². The highest BCUT2D eigenvalue weighted by atomic mass is 32.2. The van der Waals surface area contributed by atoms with E-state index in [0.717, 1.165) is 86.5 Å². The highest BCUT2D eigenvalue weighted by Gasteiger charge is 2.50. The second kappa shape index (κ2) is 21.6. The molecule has 5 heterocycles. The first-order chi connectivity index (χ1) is 35.0. The van der Waals surface area contributed by atoms with Crippen molar-refractivity contribution in [3.8, 4) is 17.2 Å². The maximum Gasteiger partial charge on any atom is 0.293 e. The Balaban J connectivity index is 0.805. The van der Waals surface area contributed by atoms with E-state index in [0.29, 0.717) is 77.3 Å². The van der Waals surface area contributed by atoms with Crippen molar-refractivity contribution in [2.75, 3.05) is 82.9 Å². The molecule has 2 amide bonds. The third-order valence-electron chi connectivity index (χ3n) is 15.1. The minimum Gasteiger partial charge on any atom is -0.497 e. The average molecular weight is 994 g/mol. The van der Waals surface area contributed by atoms with Gasteiger partial charge in [-0.15, -0.1) is 0 Å². The number of methoxy groups -OCH3 is 1. The van der Waals surface area contributed by atoms with Gasteiger partial charge in [0.25, 0.3) is 11.6 Å². The quantitative estimate of drug-likeness (QED) is 0.0449. The number of hydrogen-bond acceptors (Lipinski definition) is 13. The molecule has 6 aromatic rings. The lowest BCUT2D eigenvalue weighted by atomic mass is 9.59. The monoisotopic (exact) mass is 993 g/mol. The molecule has 3 saturated heterocycles. The smallest absolute Gasteiger partial charge is 0.293 e. The van der Waals surface area contributed by atoms with Crippen molar-refractivity contribution in [3.63, 3.8) is 0 Å².